The summed E-state index contributed by atoms with van der Waals surface area (Å²) in [6, 6.07) is 9.52. The van der Waals surface area contributed by atoms with Crippen molar-refractivity contribution in [3.05, 3.63) is 35.9 Å². The van der Waals surface area contributed by atoms with E-state index < -0.39 is 12.0 Å². The van der Waals surface area contributed by atoms with Crippen LogP contribution in [0.1, 0.15) is 12.0 Å². The molecule has 1 aliphatic rings. The lowest BCUT2D eigenvalue weighted by atomic mass is 10.2. The van der Waals surface area contributed by atoms with Gasteiger partial charge in [-0.05, 0) is 12.6 Å². The first-order valence-corrected chi connectivity index (χ1v) is 5.75. The minimum atomic E-state index is -0.765. The van der Waals surface area contributed by atoms with Crippen molar-refractivity contribution in [3.63, 3.8) is 0 Å². The number of benzene rings is 1. The van der Waals surface area contributed by atoms with Crippen LogP contribution in [0, 0.1) is 0 Å². The van der Waals surface area contributed by atoms with Crippen molar-refractivity contribution in [1.82, 2.24) is 4.90 Å². The minimum Gasteiger partial charge on any atom is -0.480 e. The van der Waals surface area contributed by atoms with Crippen molar-refractivity contribution in [1.29, 1.82) is 0 Å². The topological polar surface area (TPSA) is 49.8 Å². The molecule has 1 heterocycles. The van der Waals surface area contributed by atoms with Gasteiger partial charge in [-0.15, -0.1) is 0 Å². The first-order valence-electron chi connectivity index (χ1n) is 5.75. The molecule has 0 radical (unpaired) electrons. The van der Waals surface area contributed by atoms with E-state index in [1.54, 1.807) is 0 Å². The zero-order chi connectivity index (χ0) is 12.3. The number of hydrogen-bond donors (Lipinski definition) is 1. The van der Waals surface area contributed by atoms with E-state index in [0.717, 1.165) is 5.56 Å². The fourth-order valence-electron chi connectivity index (χ4n) is 2.15. The van der Waals surface area contributed by atoms with Crippen LogP contribution in [0.5, 0.6) is 0 Å². The number of carboxylic acid groups (broad SMARTS) is 1. The molecule has 4 nitrogen and oxygen atoms in total. The van der Waals surface area contributed by atoms with Crippen LogP contribution in [0.25, 0.3) is 0 Å². The molecule has 17 heavy (non-hydrogen) atoms. The molecule has 2 unspecified atom stereocenters. The Labute approximate surface area is 101 Å². The molecule has 0 aromatic heterocycles. The fourth-order valence-corrected chi connectivity index (χ4v) is 2.15. The van der Waals surface area contributed by atoms with Crippen LogP contribution in [-0.2, 0) is 16.1 Å². The molecule has 1 fully saturated rings. The molecule has 1 aromatic carbocycles. The van der Waals surface area contributed by atoms with E-state index in [1.165, 1.54) is 0 Å². The van der Waals surface area contributed by atoms with E-state index in [2.05, 4.69) is 0 Å². The molecular formula is C13H17NO3. The van der Waals surface area contributed by atoms with Crippen LogP contribution in [0.15, 0.2) is 30.3 Å². The number of nitrogens with zero attached hydrogens (tertiary/aromatic N) is 1. The number of likely N-dealkylation sites (tertiary alicyclic amines) is 1. The monoisotopic (exact) mass is 235 g/mol. The molecule has 2 atom stereocenters. The highest BCUT2D eigenvalue weighted by molar-refractivity contribution is 5.73. The van der Waals surface area contributed by atoms with Crippen LogP contribution < -0.4 is 0 Å². The van der Waals surface area contributed by atoms with Gasteiger partial charge in [-0.3, -0.25) is 9.69 Å². The Kier molecular flexibility index (Phi) is 3.76. The van der Waals surface area contributed by atoms with Gasteiger partial charge in [0.05, 0.1) is 12.7 Å². The summed E-state index contributed by atoms with van der Waals surface area (Å²) in [7, 11) is 1.82. The molecule has 2 rings (SSSR count). The Morgan fingerprint density at radius 2 is 2.18 bits per heavy atom. The smallest absolute Gasteiger partial charge is 0.321 e. The van der Waals surface area contributed by atoms with E-state index in [9.17, 15) is 4.79 Å². The van der Waals surface area contributed by atoms with Crippen LogP contribution in [0.2, 0.25) is 0 Å². The quantitative estimate of drug-likeness (QED) is 0.856. The maximum absolute atomic E-state index is 10.9. The number of hydrogen-bond acceptors (Lipinski definition) is 3. The Morgan fingerprint density at radius 3 is 2.76 bits per heavy atom. The molecule has 92 valence electrons. The van der Waals surface area contributed by atoms with Crippen molar-refractivity contribution in [2.24, 2.45) is 0 Å². The van der Waals surface area contributed by atoms with Gasteiger partial charge in [0.15, 0.2) is 0 Å². The van der Waals surface area contributed by atoms with E-state index in [-0.39, 0.29) is 6.10 Å². The van der Waals surface area contributed by atoms with Crippen LogP contribution in [0.4, 0.5) is 0 Å². The second-order valence-corrected chi connectivity index (χ2v) is 4.45. The van der Waals surface area contributed by atoms with E-state index in [4.69, 9.17) is 9.84 Å². The summed E-state index contributed by atoms with van der Waals surface area (Å²) < 4.78 is 5.73. The van der Waals surface area contributed by atoms with Crippen molar-refractivity contribution < 1.29 is 14.6 Å². The summed E-state index contributed by atoms with van der Waals surface area (Å²) in [4.78, 5) is 12.8. The van der Waals surface area contributed by atoms with Gasteiger partial charge < -0.3 is 9.84 Å². The zero-order valence-corrected chi connectivity index (χ0v) is 9.87. The second kappa shape index (κ2) is 5.29. The van der Waals surface area contributed by atoms with Gasteiger partial charge in [-0.2, -0.15) is 0 Å². The highest BCUT2D eigenvalue weighted by atomic mass is 16.5. The third kappa shape index (κ3) is 3.05. The third-order valence-electron chi connectivity index (χ3n) is 3.12. The number of carbonyl (C=O) groups is 1. The van der Waals surface area contributed by atoms with Crippen LogP contribution in [0.3, 0.4) is 0 Å². The van der Waals surface area contributed by atoms with Crippen molar-refractivity contribution in [2.45, 2.75) is 25.2 Å². The van der Waals surface area contributed by atoms with Gasteiger partial charge in [0, 0.05) is 13.0 Å². The number of rotatable bonds is 4. The first-order chi connectivity index (χ1) is 8.16. The summed E-state index contributed by atoms with van der Waals surface area (Å²) in [5, 5.41) is 8.99. The van der Waals surface area contributed by atoms with Crippen LogP contribution >= 0.6 is 0 Å². The summed E-state index contributed by atoms with van der Waals surface area (Å²) >= 11 is 0. The molecule has 0 amide bonds. The highest BCUT2D eigenvalue weighted by Gasteiger charge is 2.34. The predicted octanol–water partition coefficient (Wildman–Crippen LogP) is 1.36. The Balaban J connectivity index is 1.84. The normalized spacial score (nSPS) is 25.0. The van der Waals surface area contributed by atoms with E-state index in [1.807, 2.05) is 42.3 Å². The minimum absolute atomic E-state index is 0.0151. The maximum Gasteiger partial charge on any atom is 0.321 e. The van der Waals surface area contributed by atoms with Crippen molar-refractivity contribution in [3.8, 4) is 0 Å². The lowest BCUT2D eigenvalue weighted by Gasteiger charge is -2.13. The highest BCUT2D eigenvalue weighted by Crippen LogP contribution is 2.19. The molecule has 0 aliphatic carbocycles. The fraction of sp³-hybridized carbons (Fsp3) is 0.462. The van der Waals surface area contributed by atoms with Gasteiger partial charge in [0.2, 0.25) is 0 Å². The average Bonchev–Trinajstić information content (AvgIpc) is 2.69. The van der Waals surface area contributed by atoms with Gasteiger partial charge in [-0.1, -0.05) is 30.3 Å². The maximum atomic E-state index is 10.9. The van der Waals surface area contributed by atoms with E-state index >= 15 is 0 Å². The molecule has 0 spiro atoms. The van der Waals surface area contributed by atoms with Crippen molar-refractivity contribution in [2.75, 3.05) is 13.6 Å². The molecule has 4 heteroatoms. The molecular weight excluding hydrogens is 218 g/mol. The molecule has 1 aromatic rings. The summed E-state index contributed by atoms with van der Waals surface area (Å²) in [5.74, 6) is -0.765. The third-order valence-corrected chi connectivity index (χ3v) is 3.12. The van der Waals surface area contributed by atoms with Crippen LogP contribution in [-0.4, -0.2) is 41.7 Å². The second-order valence-electron chi connectivity index (χ2n) is 4.45. The standard InChI is InChI=1S/C13H17NO3/c1-14-8-11(7-12(14)13(15)16)17-9-10-5-3-2-4-6-10/h2-6,11-12H,7-9H2,1H3,(H,15,16). The molecule has 1 saturated heterocycles. The average molecular weight is 235 g/mol. The van der Waals surface area contributed by atoms with Crippen molar-refractivity contribution >= 4 is 5.97 Å². The van der Waals surface area contributed by atoms with Gasteiger partial charge in [0.1, 0.15) is 6.04 Å². The largest absolute Gasteiger partial charge is 0.480 e. The number of carboxylic acids is 1. The Hall–Kier alpha value is -1.39. The zero-order valence-electron chi connectivity index (χ0n) is 9.87. The number of likely N-dealkylation sites (N-methyl/N-ethyl adjacent to an activating group) is 1. The molecule has 1 N–H and O–H groups in total. The van der Waals surface area contributed by atoms with Gasteiger partial charge in [0.25, 0.3) is 0 Å². The Bertz CT molecular complexity index is 380. The molecule has 0 saturated carbocycles. The summed E-state index contributed by atoms with van der Waals surface area (Å²) in [6.07, 6.45) is 0.583. The number of ether oxygens (including phenoxy) is 1. The SMILES string of the molecule is CN1CC(OCc2ccccc2)CC1C(=O)O. The predicted molar refractivity (Wildman–Crippen MR) is 63.7 cm³/mol. The van der Waals surface area contributed by atoms with E-state index in [0.29, 0.717) is 19.6 Å². The first kappa shape index (κ1) is 12.1. The molecule has 0 bridgehead atoms. The molecule has 1 aliphatic heterocycles. The van der Waals surface area contributed by atoms with Gasteiger partial charge in [-0.25, -0.2) is 0 Å². The summed E-state index contributed by atoms with van der Waals surface area (Å²) in [6.45, 7) is 1.23. The lowest BCUT2D eigenvalue weighted by molar-refractivity contribution is -0.141. The lowest BCUT2D eigenvalue weighted by Crippen LogP contribution is -2.32. The number of aliphatic carboxylic acids is 1. The van der Waals surface area contributed by atoms with Gasteiger partial charge >= 0.3 is 5.97 Å². The Morgan fingerprint density at radius 1 is 1.47 bits per heavy atom. The summed E-state index contributed by atoms with van der Waals surface area (Å²) in [5.41, 5.74) is 1.12.